The first kappa shape index (κ1) is 33.6. The number of unbranched alkanes of at least 4 members (excludes halogenated alkanes) is 3. The highest BCUT2D eigenvalue weighted by atomic mass is 32.2. The van der Waals surface area contributed by atoms with Crippen LogP contribution in [0.5, 0.6) is 0 Å². The average molecular weight is 603 g/mol. The van der Waals surface area contributed by atoms with Gasteiger partial charge in [-0.2, -0.15) is 0 Å². The second-order valence-corrected chi connectivity index (χ2v) is 14.1. The second-order valence-electron chi connectivity index (χ2n) is 10.8. The Bertz CT molecular complexity index is 1380. The maximum Gasteiger partial charge on any atom is 0.172 e. The van der Waals surface area contributed by atoms with Crippen LogP contribution in [0.15, 0.2) is 117 Å². The molecule has 0 aliphatic heterocycles. The molecule has 4 aromatic rings. The molecule has 0 bridgehead atoms. The van der Waals surface area contributed by atoms with Crippen molar-refractivity contribution in [1.82, 2.24) is 0 Å². The van der Waals surface area contributed by atoms with E-state index in [0.29, 0.717) is 0 Å². The van der Waals surface area contributed by atoms with Crippen molar-refractivity contribution in [2.75, 3.05) is 0 Å². The van der Waals surface area contributed by atoms with Gasteiger partial charge < -0.3 is 4.55 Å². The minimum Gasteiger partial charge on any atom is -0.744 e. The number of hydrogen-bond donors (Lipinski definition) is 0. The molecule has 0 radical (unpaired) electrons. The summed E-state index contributed by atoms with van der Waals surface area (Å²) in [6.07, 6.45) is 11.1. The number of rotatable bonds is 13. The molecule has 4 aromatic carbocycles. The van der Waals surface area contributed by atoms with Crippen molar-refractivity contribution in [3.05, 3.63) is 119 Å². The number of benzene rings is 4. The van der Waals surface area contributed by atoms with Gasteiger partial charge in [-0.25, -0.2) is 8.42 Å². The number of hydrogen-bond acceptors (Lipinski definition) is 3. The lowest BCUT2D eigenvalue weighted by molar-refractivity contribution is 0.463. The van der Waals surface area contributed by atoms with Crippen LogP contribution in [0.4, 0.5) is 0 Å². The minimum atomic E-state index is -4.27. The molecule has 0 aromatic heterocycles. The van der Waals surface area contributed by atoms with Gasteiger partial charge in [0, 0.05) is 11.1 Å². The summed E-state index contributed by atoms with van der Waals surface area (Å²) >= 11 is 0. The molecule has 0 spiro atoms. The normalized spacial score (nSPS) is 11.3. The van der Waals surface area contributed by atoms with Gasteiger partial charge in [0.05, 0.1) is 15.8 Å². The lowest BCUT2D eigenvalue weighted by Crippen LogP contribution is -2.12. The highest BCUT2D eigenvalue weighted by Crippen LogP contribution is 2.37. The lowest BCUT2D eigenvalue weighted by Gasteiger charge is -2.18. The fraction of sp³-hybridized carbons (Fsp3) is 0.351. The fourth-order valence-electron chi connectivity index (χ4n) is 4.91. The van der Waals surface area contributed by atoms with Crippen LogP contribution in [0.1, 0.15) is 81.5 Å². The third-order valence-electron chi connectivity index (χ3n) is 7.19. The quantitative estimate of drug-likeness (QED) is 0.113. The molecule has 4 rings (SSSR count). The van der Waals surface area contributed by atoms with E-state index in [1.165, 1.54) is 79.7 Å². The van der Waals surface area contributed by atoms with Crippen LogP contribution in [0, 0.1) is 6.92 Å². The number of aryl methyl sites for hydroxylation is 4. The zero-order valence-electron chi connectivity index (χ0n) is 25.6. The van der Waals surface area contributed by atoms with Crippen molar-refractivity contribution in [1.29, 1.82) is 0 Å². The van der Waals surface area contributed by atoms with Crippen molar-refractivity contribution in [2.45, 2.75) is 105 Å². The summed E-state index contributed by atoms with van der Waals surface area (Å²) in [6.45, 7) is 8.74. The first-order valence-corrected chi connectivity index (χ1v) is 17.9. The molecule has 0 aliphatic rings. The van der Waals surface area contributed by atoms with Gasteiger partial charge in [-0.1, -0.05) is 106 Å². The fourth-order valence-corrected chi connectivity index (χ4v) is 7.83. The predicted molar refractivity (Wildman–Crippen MR) is 176 cm³/mol. The highest BCUT2D eigenvalue weighted by Gasteiger charge is 2.33. The topological polar surface area (TPSA) is 57.2 Å². The molecule has 0 fully saturated rings. The zero-order valence-corrected chi connectivity index (χ0v) is 27.3. The van der Waals surface area contributed by atoms with Crippen LogP contribution >= 0.6 is 0 Å². The van der Waals surface area contributed by atoms with E-state index < -0.39 is 10.1 Å². The van der Waals surface area contributed by atoms with Crippen LogP contribution < -0.4 is 0 Å². The first-order valence-electron chi connectivity index (χ1n) is 15.3. The average Bonchev–Trinajstić information content (AvgIpc) is 3.00. The SMILES string of the molecule is CCCCc1cc(CCCC)c([S+](c2ccccc2)c2ccccc2)c(CCCC)c1.Cc1ccc(S(=O)(=O)[O-])cc1. The van der Waals surface area contributed by atoms with E-state index in [1.807, 2.05) is 6.92 Å². The van der Waals surface area contributed by atoms with Gasteiger partial charge in [0.1, 0.15) is 10.1 Å². The Balaban J connectivity index is 0.000000369. The Labute approximate surface area is 257 Å². The molecule has 0 N–H and O–H groups in total. The van der Waals surface area contributed by atoms with Crippen LogP contribution in [-0.4, -0.2) is 13.0 Å². The zero-order chi connectivity index (χ0) is 30.4. The van der Waals surface area contributed by atoms with Crippen LogP contribution in [-0.2, 0) is 40.3 Å². The van der Waals surface area contributed by atoms with E-state index in [4.69, 9.17) is 0 Å². The Kier molecular flexibility index (Phi) is 13.9. The van der Waals surface area contributed by atoms with Crippen molar-refractivity contribution >= 4 is 21.0 Å². The van der Waals surface area contributed by atoms with E-state index in [0.717, 1.165) is 5.56 Å². The Morgan fingerprint density at radius 2 is 1.05 bits per heavy atom. The van der Waals surface area contributed by atoms with Gasteiger partial charge in [-0.15, -0.1) is 0 Å². The van der Waals surface area contributed by atoms with E-state index in [9.17, 15) is 13.0 Å². The predicted octanol–water partition coefficient (Wildman–Crippen LogP) is 9.71. The van der Waals surface area contributed by atoms with Crippen LogP contribution in [0.25, 0.3) is 0 Å². The summed E-state index contributed by atoms with van der Waals surface area (Å²) in [7, 11) is -4.33. The first-order chi connectivity index (χ1) is 20.3. The summed E-state index contributed by atoms with van der Waals surface area (Å²) in [5.41, 5.74) is 5.67. The van der Waals surface area contributed by atoms with Gasteiger partial charge in [0.15, 0.2) is 14.7 Å². The molecule has 42 heavy (non-hydrogen) atoms. The monoisotopic (exact) mass is 602 g/mol. The van der Waals surface area contributed by atoms with Gasteiger partial charge in [-0.05, 0) is 87.4 Å². The maximum absolute atomic E-state index is 10.4. The van der Waals surface area contributed by atoms with Gasteiger partial charge >= 0.3 is 0 Å². The van der Waals surface area contributed by atoms with Crippen LogP contribution in [0.3, 0.4) is 0 Å². The Morgan fingerprint density at radius 1 is 0.619 bits per heavy atom. The van der Waals surface area contributed by atoms with Gasteiger partial charge in [-0.3, -0.25) is 0 Å². The summed E-state index contributed by atoms with van der Waals surface area (Å²) < 4.78 is 31.2. The van der Waals surface area contributed by atoms with Gasteiger partial charge in [0.25, 0.3) is 0 Å². The third-order valence-corrected chi connectivity index (χ3v) is 10.5. The molecule has 5 heteroatoms. The molecular formula is C37H46O3S2. The molecule has 224 valence electrons. The van der Waals surface area contributed by atoms with Crippen molar-refractivity contribution < 1.29 is 13.0 Å². The molecular weight excluding hydrogens is 557 g/mol. The van der Waals surface area contributed by atoms with E-state index >= 15 is 0 Å². The van der Waals surface area contributed by atoms with E-state index in [1.54, 1.807) is 33.7 Å². The largest absolute Gasteiger partial charge is 0.744 e. The molecule has 0 saturated heterocycles. The van der Waals surface area contributed by atoms with Crippen LogP contribution in [0.2, 0.25) is 0 Å². The second kappa shape index (κ2) is 17.3. The summed E-state index contributed by atoms with van der Waals surface area (Å²) in [5.74, 6) is 0. The molecule has 0 unspecified atom stereocenters. The molecule has 0 heterocycles. The third kappa shape index (κ3) is 10.1. The summed E-state index contributed by atoms with van der Waals surface area (Å²) in [6, 6.07) is 33.3. The Morgan fingerprint density at radius 3 is 1.45 bits per heavy atom. The standard InChI is InChI=1S/C30H39S.C7H8O3S/c1-4-7-16-25-23-26(17-8-5-2)30(27(24-25)18-9-6-3)31(28-19-12-10-13-20-28)29-21-14-11-15-22-29;1-6-2-4-7(5-3-6)11(8,9)10/h10-15,19-24H,4-9,16-18H2,1-3H3;2-5H,1H3,(H,8,9,10)/q+1;/p-1. The highest BCUT2D eigenvalue weighted by molar-refractivity contribution is 7.97. The van der Waals surface area contributed by atoms with E-state index in [-0.39, 0.29) is 15.8 Å². The van der Waals surface area contributed by atoms with Crippen molar-refractivity contribution in [3.8, 4) is 0 Å². The molecule has 0 aliphatic carbocycles. The Hall–Kier alpha value is -2.86. The van der Waals surface area contributed by atoms with Crippen molar-refractivity contribution in [2.24, 2.45) is 0 Å². The van der Waals surface area contributed by atoms with Gasteiger partial charge in [0.2, 0.25) is 0 Å². The summed E-state index contributed by atoms with van der Waals surface area (Å²) in [5, 5.41) is 0. The lowest BCUT2D eigenvalue weighted by atomic mass is 9.96. The van der Waals surface area contributed by atoms with E-state index in [2.05, 4.69) is 93.6 Å². The molecule has 0 atom stereocenters. The summed E-state index contributed by atoms with van der Waals surface area (Å²) in [4.78, 5) is 4.30. The smallest absolute Gasteiger partial charge is 0.172 e. The maximum atomic E-state index is 10.4. The minimum absolute atomic E-state index is 0.0587. The molecule has 0 saturated carbocycles. The van der Waals surface area contributed by atoms with Crippen molar-refractivity contribution in [3.63, 3.8) is 0 Å². The molecule has 3 nitrogen and oxygen atoms in total. The molecule has 0 amide bonds.